The summed E-state index contributed by atoms with van der Waals surface area (Å²) >= 11 is 0. The lowest BCUT2D eigenvalue weighted by Crippen LogP contribution is -2.38. The molecular weight excluding hydrogens is 346 g/mol. The SMILES string of the molecule is Cc1cc(Cn2ncn(-c3ccccc3)c2=O)ccc1OC(C)(C)C(=O)O. The molecule has 3 rings (SSSR count). The quantitative estimate of drug-likeness (QED) is 0.724. The van der Waals surface area contributed by atoms with Gasteiger partial charge in [-0.25, -0.2) is 18.8 Å². The number of carbonyl (C=O) groups is 1. The molecule has 7 heteroatoms. The average molecular weight is 367 g/mol. The molecule has 3 aromatic rings. The van der Waals surface area contributed by atoms with Crippen molar-refractivity contribution in [2.45, 2.75) is 32.9 Å². The Hall–Kier alpha value is -3.35. The number of ether oxygens (including phenoxy) is 1. The fourth-order valence-corrected chi connectivity index (χ4v) is 2.63. The van der Waals surface area contributed by atoms with Crippen molar-refractivity contribution in [1.82, 2.24) is 14.3 Å². The standard InChI is InChI=1S/C20H21N3O4/c1-14-11-15(9-10-17(14)27-20(2,3)18(24)25)12-23-19(26)22(13-21-23)16-7-5-4-6-8-16/h4-11,13H,12H2,1-3H3,(H,24,25). The second-order valence-corrected chi connectivity index (χ2v) is 6.79. The number of aromatic nitrogens is 3. The third-order valence-corrected chi connectivity index (χ3v) is 4.22. The summed E-state index contributed by atoms with van der Waals surface area (Å²) in [6, 6.07) is 14.7. The highest BCUT2D eigenvalue weighted by molar-refractivity contribution is 5.76. The topological polar surface area (TPSA) is 86.4 Å². The molecule has 0 aliphatic carbocycles. The van der Waals surface area contributed by atoms with Gasteiger partial charge < -0.3 is 9.84 Å². The van der Waals surface area contributed by atoms with Crippen molar-refractivity contribution in [3.63, 3.8) is 0 Å². The van der Waals surface area contributed by atoms with Crippen LogP contribution in [0.15, 0.2) is 59.7 Å². The first-order chi connectivity index (χ1) is 12.8. The van der Waals surface area contributed by atoms with E-state index in [1.165, 1.54) is 29.4 Å². The number of carboxylic acids is 1. The number of para-hydroxylation sites is 1. The van der Waals surface area contributed by atoms with Crippen LogP contribution in [0.25, 0.3) is 5.69 Å². The van der Waals surface area contributed by atoms with Crippen molar-refractivity contribution >= 4 is 5.97 Å². The molecule has 0 bridgehead atoms. The maximum atomic E-state index is 12.6. The Morgan fingerprint density at radius 1 is 1.19 bits per heavy atom. The number of carboxylic acid groups (broad SMARTS) is 1. The summed E-state index contributed by atoms with van der Waals surface area (Å²) < 4.78 is 8.46. The van der Waals surface area contributed by atoms with Gasteiger partial charge in [0, 0.05) is 0 Å². The van der Waals surface area contributed by atoms with E-state index in [0.29, 0.717) is 12.3 Å². The van der Waals surface area contributed by atoms with Gasteiger partial charge >= 0.3 is 11.7 Å². The van der Waals surface area contributed by atoms with Gasteiger partial charge in [-0.2, -0.15) is 5.10 Å². The fourth-order valence-electron chi connectivity index (χ4n) is 2.63. The molecule has 0 saturated heterocycles. The zero-order valence-electron chi connectivity index (χ0n) is 15.4. The summed E-state index contributed by atoms with van der Waals surface area (Å²) in [5.41, 5.74) is 0.860. The van der Waals surface area contributed by atoms with Crippen LogP contribution in [0, 0.1) is 6.92 Å². The van der Waals surface area contributed by atoms with Crippen molar-refractivity contribution < 1.29 is 14.6 Å². The van der Waals surface area contributed by atoms with Gasteiger partial charge in [-0.1, -0.05) is 30.3 Å². The van der Waals surface area contributed by atoms with Crippen LogP contribution in [0.1, 0.15) is 25.0 Å². The summed E-state index contributed by atoms with van der Waals surface area (Å²) in [6.07, 6.45) is 1.50. The molecule has 0 unspecified atom stereocenters. The van der Waals surface area contributed by atoms with Crippen LogP contribution < -0.4 is 10.4 Å². The predicted molar refractivity (Wildman–Crippen MR) is 100 cm³/mol. The smallest absolute Gasteiger partial charge is 0.350 e. The molecule has 27 heavy (non-hydrogen) atoms. The normalized spacial score (nSPS) is 11.4. The maximum Gasteiger partial charge on any atom is 0.350 e. The van der Waals surface area contributed by atoms with E-state index in [0.717, 1.165) is 16.8 Å². The van der Waals surface area contributed by atoms with Gasteiger partial charge in [0.25, 0.3) is 0 Å². The van der Waals surface area contributed by atoms with E-state index in [4.69, 9.17) is 4.74 Å². The van der Waals surface area contributed by atoms with Crippen molar-refractivity contribution in [3.05, 3.63) is 76.5 Å². The third kappa shape index (κ3) is 3.92. The Kier molecular flexibility index (Phi) is 4.85. The van der Waals surface area contributed by atoms with Gasteiger partial charge in [0.05, 0.1) is 12.2 Å². The zero-order chi connectivity index (χ0) is 19.6. The molecule has 0 fully saturated rings. The highest BCUT2D eigenvalue weighted by Crippen LogP contribution is 2.24. The molecule has 2 aromatic carbocycles. The number of nitrogens with zero attached hydrogens (tertiary/aromatic N) is 3. The Morgan fingerprint density at radius 2 is 1.89 bits per heavy atom. The van der Waals surface area contributed by atoms with Gasteiger partial charge in [0.15, 0.2) is 5.60 Å². The first kappa shape index (κ1) is 18.4. The van der Waals surface area contributed by atoms with Crippen LogP contribution in [0.2, 0.25) is 0 Å². The van der Waals surface area contributed by atoms with Crippen LogP contribution in [-0.4, -0.2) is 31.0 Å². The molecule has 1 aromatic heterocycles. The summed E-state index contributed by atoms with van der Waals surface area (Å²) in [5.74, 6) is -0.544. The second-order valence-electron chi connectivity index (χ2n) is 6.79. The van der Waals surface area contributed by atoms with Crippen LogP contribution in [0.4, 0.5) is 0 Å². The van der Waals surface area contributed by atoms with Crippen LogP contribution in [0.5, 0.6) is 5.75 Å². The monoisotopic (exact) mass is 367 g/mol. The molecule has 7 nitrogen and oxygen atoms in total. The maximum absolute atomic E-state index is 12.6. The molecule has 1 heterocycles. The number of hydrogen-bond acceptors (Lipinski definition) is 4. The lowest BCUT2D eigenvalue weighted by molar-refractivity contribution is -0.152. The van der Waals surface area contributed by atoms with E-state index < -0.39 is 11.6 Å². The Morgan fingerprint density at radius 3 is 2.52 bits per heavy atom. The molecule has 0 amide bonds. The molecule has 0 aliphatic rings. The van der Waals surface area contributed by atoms with E-state index in [2.05, 4.69) is 5.10 Å². The first-order valence-corrected chi connectivity index (χ1v) is 8.50. The van der Waals surface area contributed by atoms with Gasteiger partial charge in [-0.05, 0) is 50.1 Å². The molecule has 0 saturated carbocycles. The predicted octanol–water partition coefficient (Wildman–Crippen LogP) is 2.63. The van der Waals surface area contributed by atoms with E-state index in [-0.39, 0.29) is 5.69 Å². The lowest BCUT2D eigenvalue weighted by atomic mass is 10.1. The molecule has 140 valence electrons. The lowest BCUT2D eigenvalue weighted by Gasteiger charge is -2.23. The number of benzene rings is 2. The largest absolute Gasteiger partial charge is 0.478 e. The van der Waals surface area contributed by atoms with Crippen LogP contribution in [0.3, 0.4) is 0 Å². The zero-order valence-corrected chi connectivity index (χ0v) is 15.4. The van der Waals surface area contributed by atoms with Crippen molar-refractivity contribution in [2.75, 3.05) is 0 Å². The van der Waals surface area contributed by atoms with Crippen molar-refractivity contribution in [3.8, 4) is 11.4 Å². The minimum absolute atomic E-state index is 0.230. The summed E-state index contributed by atoms with van der Waals surface area (Å²) in [4.78, 5) is 23.8. The van der Waals surface area contributed by atoms with Gasteiger partial charge in [-0.15, -0.1) is 0 Å². The summed E-state index contributed by atoms with van der Waals surface area (Å²) in [7, 11) is 0. The minimum atomic E-state index is -1.32. The Labute approximate surface area is 156 Å². The van der Waals surface area contributed by atoms with Crippen molar-refractivity contribution in [2.24, 2.45) is 0 Å². The van der Waals surface area contributed by atoms with E-state index in [1.807, 2.05) is 43.3 Å². The Balaban J connectivity index is 1.81. The van der Waals surface area contributed by atoms with Crippen molar-refractivity contribution in [1.29, 1.82) is 0 Å². The Bertz CT molecular complexity index is 1020. The van der Waals surface area contributed by atoms with Gasteiger partial charge in [-0.3, -0.25) is 0 Å². The van der Waals surface area contributed by atoms with E-state index >= 15 is 0 Å². The molecule has 0 atom stereocenters. The third-order valence-electron chi connectivity index (χ3n) is 4.22. The molecule has 1 N–H and O–H groups in total. The first-order valence-electron chi connectivity index (χ1n) is 8.50. The summed E-state index contributed by atoms with van der Waals surface area (Å²) in [6.45, 7) is 5.14. The van der Waals surface area contributed by atoms with Gasteiger partial charge in [0.1, 0.15) is 12.1 Å². The molecule has 0 spiro atoms. The number of aryl methyl sites for hydroxylation is 1. The van der Waals surface area contributed by atoms with Crippen LogP contribution >= 0.6 is 0 Å². The number of rotatable bonds is 6. The summed E-state index contributed by atoms with van der Waals surface area (Å²) in [5, 5.41) is 13.4. The van der Waals surface area contributed by atoms with Crippen LogP contribution in [-0.2, 0) is 11.3 Å². The van der Waals surface area contributed by atoms with E-state index in [1.54, 1.807) is 12.1 Å². The van der Waals surface area contributed by atoms with Gasteiger partial charge in [0.2, 0.25) is 0 Å². The highest BCUT2D eigenvalue weighted by atomic mass is 16.5. The molecular formula is C20H21N3O4. The van der Waals surface area contributed by atoms with E-state index in [9.17, 15) is 14.7 Å². The number of aliphatic carboxylic acids is 1. The molecule has 0 radical (unpaired) electrons. The average Bonchev–Trinajstić information content (AvgIpc) is 2.98. The minimum Gasteiger partial charge on any atom is -0.478 e. The molecule has 0 aliphatic heterocycles. The second kappa shape index (κ2) is 7.11. The number of hydrogen-bond donors (Lipinski definition) is 1. The fraction of sp³-hybridized carbons (Fsp3) is 0.250. The highest BCUT2D eigenvalue weighted by Gasteiger charge is 2.29.